The van der Waals surface area contributed by atoms with Crippen molar-refractivity contribution in [2.75, 3.05) is 30.4 Å². The number of hydrogen-bond acceptors (Lipinski definition) is 4. The van der Waals surface area contributed by atoms with Crippen LogP contribution in [0.3, 0.4) is 0 Å². The quantitative estimate of drug-likeness (QED) is 0.836. The van der Waals surface area contributed by atoms with E-state index < -0.39 is 10.0 Å². The van der Waals surface area contributed by atoms with Crippen LogP contribution in [0.4, 0.5) is 5.69 Å². The molecule has 1 aromatic carbocycles. The highest BCUT2D eigenvalue weighted by Crippen LogP contribution is 2.27. The van der Waals surface area contributed by atoms with Crippen LogP contribution in [0, 0.1) is 11.8 Å². The Hall–Kier alpha value is -1.05. The molecule has 0 aliphatic carbocycles. The minimum atomic E-state index is -3.47. The van der Waals surface area contributed by atoms with Crippen LogP contribution < -0.4 is 5.32 Å². The molecule has 0 unspecified atom stereocenters. The third-order valence-electron chi connectivity index (χ3n) is 4.14. The fourth-order valence-electron chi connectivity index (χ4n) is 3.08. The number of sulfonamides is 1. The molecule has 1 aromatic rings. The van der Waals surface area contributed by atoms with Gasteiger partial charge in [-0.2, -0.15) is 16.1 Å². The number of carbonyl (C=O) groups excluding carboxylic acids is 1. The Morgan fingerprint density at radius 1 is 1.21 bits per heavy atom. The fourth-order valence-corrected chi connectivity index (χ4v) is 5.15. The van der Waals surface area contributed by atoms with Crippen LogP contribution in [0.5, 0.6) is 0 Å². The van der Waals surface area contributed by atoms with Gasteiger partial charge in [-0.15, -0.1) is 0 Å². The second kappa shape index (κ2) is 8.36. The van der Waals surface area contributed by atoms with Gasteiger partial charge in [0.25, 0.3) is 0 Å². The van der Waals surface area contributed by atoms with Gasteiger partial charge < -0.3 is 5.32 Å². The Morgan fingerprint density at radius 3 is 2.33 bits per heavy atom. The molecule has 1 fully saturated rings. The maximum absolute atomic E-state index is 12.8. The molecule has 0 saturated carbocycles. The Balaban J connectivity index is 2.07. The summed E-state index contributed by atoms with van der Waals surface area (Å²) in [5, 5.41) is 2.79. The predicted molar refractivity (Wildman–Crippen MR) is 99.8 cm³/mol. The van der Waals surface area contributed by atoms with Crippen molar-refractivity contribution in [1.82, 2.24) is 4.31 Å². The first-order valence-corrected chi connectivity index (χ1v) is 11.1. The zero-order valence-corrected chi connectivity index (χ0v) is 16.1. The van der Waals surface area contributed by atoms with Crippen LogP contribution in [-0.2, 0) is 14.8 Å². The second-order valence-electron chi connectivity index (χ2n) is 6.58. The van der Waals surface area contributed by atoms with Crippen molar-refractivity contribution in [3.63, 3.8) is 0 Å². The van der Waals surface area contributed by atoms with Crippen LogP contribution in [0.15, 0.2) is 29.2 Å². The van der Waals surface area contributed by atoms with E-state index in [4.69, 9.17) is 0 Å². The highest BCUT2D eigenvalue weighted by Gasteiger charge is 2.31. The molecular weight excluding hydrogens is 344 g/mol. The Morgan fingerprint density at radius 2 is 1.79 bits per heavy atom. The Bertz CT molecular complexity index is 649. The third-order valence-corrected chi connectivity index (χ3v) is 6.60. The molecule has 2 rings (SSSR count). The Labute approximate surface area is 149 Å². The zero-order chi connectivity index (χ0) is 17.7. The summed E-state index contributed by atoms with van der Waals surface area (Å²) < 4.78 is 27.2. The highest BCUT2D eigenvalue weighted by molar-refractivity contribution is 7.98. The van der Waals surface area contributed by atoms with Gasteiger partial charge in [0.15, 0.2) is 0 Å². The molecule has 1 amide bonds. The van der Waals surface area contributed by atoms with E-state index in [1.165, 1.54) is 0 Å². The van der Waals surface area contributed by atoms with Gasteiger partial charge in [-0.3, -0.25) is 4.79 Å². The van der Waals surface area contributed by atoms with E-state index in [1.54, 1.807) is 40.3 Å². The third kappa shape index (κ3) is 4.97. The average Bonchev–Trinajstić information content (AvgIpc) is 2.52. The first-order valence-electron chi connectivity index (χ1n) is 8.22. The normalized spacial score (nSPS) is 22.3. The van der Waals surface area contributed by atoms with Gasteiger partial charge in [-0.25, -0.2) is 8.42 Å². The maximum Gasteiger partial charge on any atom is 0.243 e. The minimum absolute atomic E-state index is 0.0568. The number of nitrogens with one attached hydrogen (secondary N) is 1. The van der Waals surface area contributed by atoms with Crippen LogP contribution >= 0.6 is 11.8 Å². The lowest BCUT2D eigenvalue weighted by Gasteiger charge is -2.34. The monoisotopic (exact) mass is 370 g/mol. The smallest absolute Gasteiger partial charge is 0.243 e. The summed E-state index contributed by atoms with van der Waals surface area (Å²) in [7, 11) is -3.47. The van der Waals surface area contributed by atoms with E-state index in [9.17, 15) is 13.2 Å². The lowest BCUT2D eigenvalue weighted by atomic mass is 9.94. The topological polar surface area (TPSA) is 66.5 Å². The minimum Gasteiger partial charge on any atom is -0.326 e. The summed E-state index contributed by atoms with van der Waals surface area (Å²) >= 11 is 1.62. The number of benzene rings is 1. The standard InChI is InChI=1S/C17H26N2O3S2/c1-13-10-14(2)12-19(11-13)24(21,22)16-6-4-15(5-7-16)18-17(20)8-9-23-3/h4-7,13-14H,8-12H2,1-3H3,(H,18,20)/t13-,14+. The van der Waals surface area contributed by atoms with Crippen molar-refractivity contribution < 1.29 is 13.2 Å². The number of amides is 1. The van der Waals surface area contributed by atoms with Crippen molar-refractivity contribution >= 4 is 33.4 Å². The number of anilines is 1. The lowest BCUT2D eigenvalue weighted by Crippen LogP contribution is -2.42. The predicted octanol–water partition coefficient (Wildman–Crippen LogP) is 3.04. The molecule has 0 aromatic heterocycles. The van der Waals surface area contributed by atoms with Gasteiger partial charge in [-0.1, -0.05) is 13.8 Å². The molecule has 0 bridgehead atoms. The summed E-state index contributed by atoms with van der Waals surface area (Å²) in [5.41, 5.74) is 0.625. The summed E-state index contributed by atoms with van der Waals surface area (Å²) in [6.07, 6.45) is 3.47. The van der Waals surface area contributed by atoms with Gasteiger partial charge in [-0.05, 0) is 48.8 Å². The van der Waals surface area contributed by atoms with Crippen molar-refractivity contribution in [1.29, 1.82) is 0 Å². The van der Waals surface area contributed by atoms with Crippen molar-refractivity contribution in [2.45, 2.75) is 31.6 Å². The van der Waals surface area contributed by atoms with Crippen LogP contribution in [-0.4, -0.2) is 43.7 Å². The van der Waals surface area contributed by atoms with Gasteiger partial charge in [0, 0.05) is 31.0 Å². The Kier molecular flexibility index (Phi) is 6.71. The summed E-state index contributed by atoms with van der Waals surface area (Å²) in [6, 6.07) is 6.45. The molecule has 24 heavy (non-hydrogen) atoms. The van der Waals surface area contributed by atoms with Crippen LogP contribution in [0.25, 0.3) is 0 Å². The first kappa shape index (κ1) is 19.3. The first-order chi connectivity index (χ1) is 11.3. The highest BCUT2D eigenvalue weighted by atomic mass is 32.2. The molecule has 0 radical (unpaired) electrons. The van der Waals surface area contributed by atoms with E-state index in [-0.39, 0.29) is 10.8 Å². The molecule has 1 saturated heterocycles. The summed E-state index contributed by atoms with van der Waals surface area (Å²) in [6.45, 7) is 5.32. The second-order valence-corrected chi connectivity index (χ2v) is 9.51. The van der Waals surface area contributed by atoms with Crippen molar-refractivity contribution in [3.05, 3.63) is 24.3 Å². The van der Waals surface area contributed by atoms with Gasteiger partial charge in [0.1, 0.15) is 0 Å². The van der Waals surface area contributed by atoms with Crippen LogP contribution in [0.1, 0.15) is 26.7 Å². The molecule has 5 nitrogen and oxygen atoms in total. The van der Waals surface area contributed by atoms with Gasteiger partial charge in [0.05, 0.1) is 4.90 Å². The number of thioether (sulfide) groups is 1. The molecule has 1 heterocycles. The zero-order valence-electron chi connectivity index (χ0n) is 14.5. The number of hydrogen-bond donors (Lipinski definition) is 1. The van der Waals surface area contributed by atoms with E-state index >= 15 is 0 Å². The van der Waals surface area contributed by atoms with E-state index in [0.717, 1.165) is 12.2 Å². The molecule has 7 heteroatoms. The average molecular weight is 371 g/mol. The van der Waals surface area contributed by atoms with Crippen LogP contribution in [0.2, 0.25) is 0 Å². The molecule has 2 atom stereocenters. The van der Waals surface area contributed by atoms with E-state index in [1.807, 2.05) is 6.26 Å². The van der Waals surface area contributed by atoms with E-state index in [0.29, 0.717) is 37.0 Å². The van der Waals surface area contributed by atoms with Crippen molar-refractivity contribution in [3.8, 4) is 0 Å². The SMILES string of the molecule is CSCCC(=O)Nc1ccc(S(=O)(=O)N2C[C@H](C)C[C@H](C)C2)cc1. The van der Waals surface area contributed by atoms with E-state index in [2.05, 4.69) is 19.2 Å². The molecule has 134 valence electrons. The number of carbonyl (C=O) groups is 1. The van der Waals surface area contributed by atoms with Crippen molar-refractivity contribution in [2.24, 2.45) is 11.8 Å². The molecule has 1 aliphatic heterocycles. The van der Waals surface area contributed by atoms with Gasteiger partial charge >= 0.3 is 0 Å². The summed E-state index contributed by atoms with van der Waals surface area (Å²) in [4.78, 5) is 12.0. The number of piperidine rings is 1. The fraction of sp³-hybridized carbons (Fsp3) is 0.588. The molecule has 1 aliphatic rings. The summed E-state index contributed by atoms with van der Waals surface area (Å²) in [5.74, 6) is 1.46. The maximum atomic E-state index is 12.8. The molecular formula is C17H26N2O3S2. The lowest BCUT2D eigenvalue weighted by molar-refractivity contribution is -0.115. The number of rotatable bonds is 6. The number of nitrogens with zero attached hydrogens (tertiary/aromatic N) is 1. The molecule has 0 spiro atoms. The molecule has 1 N–H and O–H groups in total. The largest absolute Gasteiger partial charge is 0.326 e. The van der Waals surface area contributed by atoms with Gasteiger partial charge in [0.2, 0.25) is 15.9 Å².